The molecular weight excluding hydrogens is 348 g/mol. The summed E-state index contributed by atoms with van der Waals surface area (Å²) in [5.41, 5.74) is 6.62. The third-order valence-corrected chi connectivity index (χ3v) is 4.00. The Morgan fingerprint density at radius 3 is 2.73 bits per heavy atom. The summed E-state index contributed by atoms with van der Waals surface area (Å²) in [4.78, 5) is 8.55. The highest BCUT2D eigenvalue weighted by atomic mass is 35.5. The molecule has 0 bridgehead atoms. The number of para-hydroxylation sites is 1. The van der Waals surface area contributed by atoms with Crippen LogP contribution >= 0.6 is 11.6 Å². The van der Waals surface area contributed by atoms with Crippen molar-refractivity contribution >= 4 is 34.7 Å². The number of aromatic nitrogens is 4. The van der Waals surface area contributed by atoms with Gasteiger partial charge in [-0.2, -0.15) is 20.2 Å². The zero-order valence-electron chi connectivity index (χ0n) is 14.0. The quantitative estimate of drug-likeness (QED) is 0.335. The van der Waals surface area contributed by atoms with Crippen LogP contribution in [0.1, 0.15) is 11.1 Å². The molecule has 26 heavy (non-hydrogen) atoms. The van der Waals surface area contributed by atoms with Crippen LogP contribution in [-0.2, 0) is 0 Å². The number of benzene rings is 2. The lowest BCUT2D eigenvalue weighted by Gasteiger charge is -2.05. The average Bonchev–Trinajstić information content (AvgIpc) is 3.06. The summed E-state index contributed by atoms with van der Waals surface area (Å²) in [5, 5.41) is 9.54. The fourth-order valence-corrected chi connectivity index (χ4v) is 2.81. The highest BCUT2D eigenvalue weighted by Gasteiger charge is 2.12. The van der Waals surface area contributed by atoms with Crippen LogP contribution in [0.4, 0.5) is 5.82 Å². The van der Waals surface area contributed by atoms with Gasteiger partial charge >= 0.3 is 0 Å². The van der Waals surface area contributed by atoms with E-state index in [0.717, 1.165) is 16.6 Å². The molecule has 4 aromatic rings. The van der Waals surface area contributed by atoms with Crippen molar-refractivity contribution in [2.24, 2.45) is 5.10 Å². The monoisotopic (exact) mass is 362 g/mol. The topological polar surface area (TPSA) is 68.0 Å². The van der Waals surface area contributed by atoms with Gasteiger partial charge in [-0.1, -0.05) is 48.0 Å². The Bertz CT molecular complexity index is 1090. The number of hydrogen-bond acceptors (Lipinski definition) is 5. The number of hydrogen-bond donors (Lipinski definition) is 1. The Morgan fingerprint density at radius 1 is 1.08 bits per heavy atom. The summed E-state index contributed by atoms with van der Waals surface area (Å²) in [6.07, 6.45) is 3.43. The second kappa shape index (κ2) is 6.93. The maximum Gasteiger partial charge on any atom is 0.226 e. The number of fused-ring (bicyclic) bond motifs is 1. The van der Waals surface area contributed by atoms with Crippen molar-refractivity contribution in [1.29, 1.82) is 0 Å². The first kappa shape index (κ1) is 16.2. The van der Waals surface area contributed by atoms with Gasteiger partial charge in [-0.15, -0.1) is 0 Å². The average molecular weight is 363 g/mol. The number of halogens is 1. The van der Waals surface area contributed by atoms with Crippen molar-refractivity contribution in [2.75, 3.05) is 5.43 Å². The lowest BCUT2D eigenvalue weighted by Crippen LogP contribution is -2.00. The maximum atomic E-state index is 6.10. The van der Waals surface area contributed by atoms with Gasteiger partial charge < -0.3 is 0 Å². The largest absolute Gasteiger partial charge is 0.261 e. The van der Waals surface area contributed by atoms with E-state index >= 15 is 0 Å². The SMILES string of the molecule is Cc1cccc(/C=N/Nc2nc(Cl)nc3c2cnn3-c2ccccc2)c1. The predicted molar refractivity (Wildman–Crippen MR) is 104 cm³/mol. The number of nitrogens with zero attached hydrogens (tertiary/aromatic N) is 5. The van der Waals surface area contributed by atoms with Crippen molar-refractivity contribution in [3.8, 4) is 5.69 Å². The van der Waals surface area contributed by atoms with E-state index in [2.05, 4.69) is 25.6 Å². The second-order valence-electron chi connectivity index (χ2n) is 5.75. The standard InChI is InChI=1S/C19H15ClN6/c1-13-6-5-7-14(10-13)11-21-25-17-16-12-22-26(15-8-3-2-4-9-15)18(16)24-19(20)23-17/h2-12H,1H3,(H,23,24,25)/b21-11+. The van der Waals surface area contributed by atoms with E-state index in [9.17, 15) is 0 Å². The van der Waals surface area contributed by atoms with Crippen LogP contribution in [0.15, 0.2) is 65.9 Å². The molecule has 0 aliphatic carbocycles. The third-order valence-electron chi connectivity index (χ3n) is 3.83. The van der Waals surface area contributed by atoms with Crippen molar-refractivity contribution in [1.82, 2.24) is 19.7 Å². The van der Waals surface area contributed by atoms with Gasteiger partial charge in [-0.3, -0.25) is 5.43 Å². The number of hydrazone groups is 1. The maximum absolute atomic E-state index is 6.10. The summed E-state index contributed by atoms with van der Waals surface area (Å²) in [5.74, 6) is 0.506. The van der Waals surface area contributed by atoms with Gasteiger partial charge in [0.25, 0.3) is 0 Å². The zero-order valence-corrected chi connectivity index (χ0v) is 14.7. The Kier molecular flexibility index (Phi) is 4.33. The van der Waals surface area contributed by atoms with Crippen LogP contribution in [0, 0.1) is 6.92 Å². The Labute approximate surface area is 155 Å². The molecule has 6 nitrogen and oxygen atoms in total. The molecular formula is C19H15ClN6. The van der Waals surface area contributed by atoms with Crippen LogP contribution in [0.2, 0.25) is 5.28 Å². The molecule has 0 spiro atoms. The molecule has 4 rings (SSSR count). The molecule has 128 valence electrons. The van der Waals surface area contributed by atoms with E-state index in [1.165, 1.54) is 5.56 Å². The molecule has 2 heterocycles. The Morgan fingerprint density at radius 2 is 1.92 bits per heavy atom. The van der Waals surface area contributed by atoms with E-state index in [0.29, 0.717) is 11.5 Å². The molecule has 0 saturated heterocycles. The second-order valence-corrected chi connectivity index (χ2v) is 6.09. The van der Waals surface area contributed by atoms with Gasteiger partial charge in [-0.25, -0.2) is 4.68 Å². The first-order valence-corrected chi connectivity index (χ1v) is 8.41. The molecule has 2 aromatic heterocycles. The van der Waals surface area contributed by atoms with Gasteiger partial charge in [0.2, 0.25) is 5.28 Å². The minimum absolute atomic E-state index is 0.128. The first-order valence-electron chi connectivity index (χ1n) is 8.03. The molecule has 0 saturated carbocycles. The fraction of sp³-hybridized carbons (Fsp3) is 0.0526. The lowest BCUT2D eigenvalue weighted by atomic mass is 10.2. The van der Waals surface area contributed by atoms with E-state index in [4.69, 9.17) is 11.6 Å². The highest BCUT2D eigenvalue weighted by molar-refractivity contribution is 6.28. The molecule has 7 heteroatoms. The predicted octanol–water partition coefficient (Wildman–Crippen LogP) is 4.22. The van der Waals surface area contributed by atoms with Crippen molar-refractivity contribution in [2.45, 2.75) is 6.92 Å². The molecule has 1 N–H and O–H groups in total. The molecule has 0 unspecified atom stereocenters. The molecule has 0 fully saturated rings. The van der Waals surface area contributed by atoms with Gasteiger partial charge in [0.1, 0.15) is 0 Å². The summed E-state index contributed by atoms with van der Waals surface area (Å²) in [7, 11) is 0. The third kappa shape index (κ3) is 3.27. The summed E-state index contributed by atoms with van der Waals surface area (Å²) in [6, 6.07) is 17.8. The lowest BCUT2D eigenvalue weighted by molar-refractivity contribution is 0.895. The fourth-order valence-electron chi connectivity index (χ4n) is 2.64. The summed E-state index contributed by atoms with van der Waals surface area (Å²) >= 11 is 6.10. The minimum Gasteiger partial charge on any atom is -0.261 e. The van der Waals surface area contributed by atoms with Gasteiger partial charge in [-0.05, 0) is 36.2 Å². The van der Waals surface area contributed by atoms with Crippen LogP contribution < -0.4 is 5.43 Å². The van der Waals surface area contributed by atoms with Crippen molar-refractivity contribution < 1.29 is 0 Å². The van der Waals surface area contributed by atoms with Crippen molar-refractivity contribution in [3.05, 3.63) is 77.2 Å². The number of rotatable bonds is 4. The van der Waals surface area contributed by atoms with Gasteiger partial charge in [0.05, 0.1) is 23.5 Å². The summed E-state index contributed by atoms with van der Waals surface area (Å²) in [6.45, 7) is 2.04. The highest BCUT2D eigenvalue weighted by Crippen LogP contribution is 2.24. The number of anilines is 1. The molecule has 0 radical (unpaired) electrons. The molecule has 0 amide bonds. The van der Waals surface area contributed by atoms with E-state index in [-0.39, 0.29) is 5.28 Å². The number of aryl methyl sites for hydroxylation is 1. The van der Waals surface area contributed by atoms with Gasteiger partial charge in [0, 0.05) is 0 Å². The van der Waals surface area contributed by atoms with Crippen LogP contribution in [-0.4, -0.2) is 26.0 Å². The minimum atomic E-state index is 0.128. The van der Waals surface area contributed by atoms with Crippen LogP contribution in [0.25, 0.3) is 16.7 Å². The van der Waals surface area contributed by atoms with Crippen LogP contribution in [0.5, 0.6) is 0 Å². The summed E-state index contributed by atoms with van der Waals surface area (Å²) < 4.78 is 1.72. The van der Waals surface area contributed by atoms with Crippen LogP contribution in [0.3, 0.4) is 0 Å². The van der Waals surface area contributed by atoms with E-state index in [1.807, 2.05) is 61.5 Å². The normalized spacial score (nSPS) is 11.3. The molecule has 0 aliphatic rings. The van der Waals surface area contributed by atoms with E-state index in [1.54, 1.807) is 17.1 Å². The van der Waals surface area contributed by atoms with Crippen molar-refractivity contribution in [3.63, 3.8) is 0 Å². The number of nitrogens with one attached hydrogen (secondary N) is 1. The van der Waals surface area contributed by atoms with Gasteiger partial charge in [0.15, 0.2) is 11.5 Å². The smallest absolute Gasteiger partial charge is 0.226 e. The molecule has 0 aliphatic heterocycles. The molecule has 2 aromatic carbocycles. The Balaban J connectivity index is 1.69. The Hall–Kier alpha value is -3.25. The van der Waals surface area contributed by atoms with E-state index < -0.39 is 0 Å². The zero-order chi connectivity index (χ0) is 17.9. The molecule has 0 atom stereocenters. The first-order chi connectivity index (χ1) is 12.7.